The van der Waals surface area contributed by atoms with Gasteiger partial charge >= 0.3 is 0 Å². The van der Waals surface area contributed by atoms with E-state index in [1.807, 2.05) is 32.0 Å². The van der Waals surface area contributed by atoms with Crippen molar-refractivity contribution in [2.75, 3.05) is 24.7 Å². The first-order valence-electron chi connectivity index (χ1n) is 6.20. The second-order valence-corrected chi connectivity index (χ2v) is 5.17. The standard InChI is InChI=1S/C14H23N3O/c1-9(2)10(3)16-14(18)11-6-7-13(17(4)5)12(15)8-11/h6-10H,15H2,1-5H3,(H,16,18). The van der Waals surface area contributed by atoms with Crippen LogP contribution in [-0.2, 0) is 0 Å². The third kappa shape index (κ3) is 3.39. The number of nitrogens with one attached hydrogen (secondary N) is 1. The van der Waals surface area contributed by atoms with Crippen molar-refractivity contribution in [2.24, 2.45) is 5.92 Å². The quantitative estimate of drug-likeness (QED) is 0.803. The van der Waals surface area contributed by atoms with Crippen LogP contribution < -0.4 is 16.0 Å². The van der Waals surface area contributed by atoms with E-state index in [2.05, 4.69) is 19.2 Å². The van der Waals surface area contributed by atoms with Gasteiger partial charge in [0.15, 0.2) is 0 Å². The van der Waals surface area contributed by atoms with Crippen LogP contribution in [0.5, 0.6) is 0 Å². The van der Waals surface area contributed by atoms with E-state index in [0.717, 1.165) is 5.69 Å². The van der Waals surface area contributed by atoms with Gasteiger partial charge in [-0.1, -0.05) is 13.8 Å². The second kappa shape index (κ2) is 5.76. The van der Waals surface area contributed by atoms with Gasteiger partial charge in [0.1, 0.15) is 0 Å². The average molecular weight is 249 g/mol. The van der Waals surface area contributed by atoms with E-state index in [1.54, 1.807) is 12.1 Å². The molecule has 1 unspecified atom stereocenters. The highest BCUT2D eigenvalue weighted by Crippen LogP contribution is 2.22. The van der Waals surface area contributed by atoms with Crippen molar-refractivity contribution in [1.29, 1.82) is 0 Å². The molecular formula is C14H23N3O. The predicted octanol–water partition coefficient (Wildman–Crippen LogP) is 2.11. The molecule has 1 aromatic rings. The van der Waals surface area contributed by atoms with Gasteiger partial charge in [0, 0.05) is 25.7 Å². The van der Waals surface area contributed by atoms with Gasteiger partial charge in [-0.25, -0.2) is 0 Å². The van der Waals surface area contributed by atoms with Crippen LogP contribution in [0.25, 0.3) is 0 Å². The van der Waals surface area contributed by atoms with Crippen LogP contribution in [0.2, 0.25) is 0 Å². The molecule has 1 amide bonds. The van der Waals surface area contributed by atoms with Crippen LogP contribution >= 0.6 is 0 Å². The van der Waals surface area contributed by atoms with Crippen LogP contribution in [0, 0.1) is 5.92 Å². The summed E-state index contributed by atoms with van der Waals surface area (Å²) in [6.07, 6.45) is 0. The minimum atomic E-state index is -0.0757. The lowest BCUT2D eigenvalue weighted by Gasteiger charge is -2.19. The molecule has 0 aromatic heterocycles. The number of carbonyl (C=O) groups is 1. The Balaban J connectivity index is 2.85. The molecule has 4 nitrogen and oxygen atoms in total. The average Bonchev–Trinajstić information content (AvgIpc) is 2.27. The zero-order valence-corrected chi connectivity index (χ0v) is 11.8. The summed E-state index contributed by atoms with van der Waals surface area (Å²) in [7, 11) is 3.85. The molecule has 0 fully saturated rings. The van der Waals surface area contributed by atoms with Crippen molar-refractivity contribution in [3.8, 4) is 0 Å². The Morgan fingerprint density at radius 1 is 1.28 bits per heavy atom. The Morgan fingerprint density at radius 2 is 1.89 bits per heavy atom. The summed E-state index contributed by atoms with van der Waals surface area (Å²) in [5.74, 6) is 0.334. The van der Waals surface area contributed by atoms with E-state index >= 15 is 0 Å². The topological polar surface area (TPSA) is 58.4 Å². The highest BCUT2D eigenvalue weighted by molar-refractivity contribution is 5.96. The fourth-order valence-corrected chi connectivity index (χ4v) is 1.56. The fourth-order valence-electron chi connectivity index (χ4n) is 1.56. The summed E-state index contributed by atoms with van der Waals surface area (Å²) in [5.41, 5.74) is 8.07. The van der Waals surface area contributed by atoms with Crippen LogP contribution in [0.1, 0.15) is 31.1 Å². The maximum absolute atomic E-state index is 12.0. The summed E-state index contributed by atoms with van der Waals surface area (Å²) in [5, 5.41) is 2.96. The summed E-state index contributed by atoms with van der Waals surface area (Å²) in [6, 6.07) is 5.53. The molecule has 100 valence electrons. The van der Waals surface area contributed by atoms with E-state index in [4.69, 9.17) is 5.73 Å². The Labute approximate surface area is 109 Å². The van der Waals surface area contributed by atoms with Crippen molar-refractivity contribution in [2.45, 2.75) is 26.8 Å². The Kier molecular flexibility index (Phi) is 4.59. The Bertz CT molecular complexity index is 427. The molecule has 0 spiro atoms. The molecule has 1 aromatic carbocycles. The number of carbonyl (C=O) groups excluding carboxylic acids is 1. The van der Waals surface area contributed by atoms with Gasteiger partial charge in [-0.15, -0.1) is 0 Å². The van der Waals surface area contributed by atoms with Crippen LogP contribution in [0.3, 0.4) is 0 Å². The van der Waals surface area contributed by atoms with Gasteiger partial charge in [-0.3, -0.25) is 4.79 Å². The zero-order valence-electron chi connectivity index (χ0n) is 11.8. The molecule has 1 atom stereocenters. The molecule has 0 aliphatic rings. The first-order valence-corrected chi connectivity index (χ1v) is 6.20. The van der Waals surface area contributed by atoms with E-state index in [1.165, 1.54) is 0 Å². The fraction of sp³-hybridized carbons (Fsp3) is 0.500. The maximum Gasteiger partial charge on any atom is 0.251 e. The minimum Gasteiger partial charge on any atom is -0.397 e. The van der Waals surface area contributed by atoms with Crippen molar-refractivity contribution >= 4 is 17.3 Å². The third-order valence-corrected chi connectivity index (χ3v) is 3.13. The molecule has 0 heterocycles. The number of anilines is 2. The van der Waals surface area contributed by atoms with Crippen molar-refractivity contribution in [3.05, 3.63) is 23.8 Å². The summed E-state index contributed by atoms with van der Waals surface area (Å²) in [6.45, 7) is 6.16. The number of nitrogens with two attached hydrogens (primary N) is 1. The second-order valence-electron chi connectivity index (χ2n) is 5.17. The lowest BCUT2D eigenvalue weighted by molar-refractivity contribution is 0.0930. The molecule has 18 heavy (non-hydrogen) atoms. The molecule has 4 heteroatoms. The first kappa shape index (κ1) is 14.4. The molecule has 1 rings (SSSR count). The number of benzene rings is 1. The molecular weight excluding hydrogens is 226 g/mol. The lowest BCUT2D eigenvalue weighted by Crippen LogP contribution is -2.36. The molecule has 0 bridgehead atoms. The van der Waals surface area contributed by atoms with Gasteiger partial charge in [-0.2, -0.15) is 0 Å². The summed E-state index contributed by atoms with van der Waals surface area (Å²) < 4.78 is 0. The number of hydrogen-bond acceptors (Lipinski definition) is 3. The highest BCUT2D eigenvalue weighted by Gasteiger charge is 2.13. The largest absolute Gasteiger partial charge is 0.397 e. The lowest BCUT2D eigenvalue weighted by atomic mass is 10.1. The smallest absolute Gasteiger partial charge is 0.251 e. The maximum atomic E-state index is 12.0. The van der Waals surface area contributed by atoms with Crippen LogP contribution in [0.4, 0.5) is 11.4 Å². The van der Waals surface area contributed by atoms with Gasteiger partial charge < -0.3 is 16.0 Å². The number of hydrogen-bond donors (Lipinski definition) is 2. The Morgan fingerprint density at radius 3 is 2.33 bits per heavy atom. The predicted molar refractivity (Wildman–Crippen MR) is 76.9 cm³/mol. The van der Waals surface area contributed by atoms with Gasteiger partial charge in [0.2, 0.25) is 0 Å². The highest BCUT2D eigenvalue weighted by atomic mass is 16.1. The van der Waals surface area contributed by atoms with Gasteiger partial charge in [0.05, 0.1) is 11.4 Å². The summed E-state index contributed by atoms with van der Waals surface area (Å²) >= 11 is 0. The monoisotopic (exact) mass is 249 g/mol. The minimum absolute atomic E-state index is 0.0757. The van der Waals surface area contributed by atoms with Crippen molar-refractivity contribution in [3.63, 3.8) is 0 Å². The number of nitrogens with zero attached hydrogens (tertiary/aromatic N) is 1. The summed E-state index contributed by atoms with van der Waals surface area (Å²) in [4.78, 5) is 13.9. The zero-order chi connectivity index (χ0) is 13.9. The first-order chi connectivity index (χ1) is 8.32. The number of nitrogen functional groups attached to an aromatic ring is 1. The number of rotatable bonds is 4. The van der Waals surface area contributed by atoms with E-state index in [0.29, 0.717) is 17.2 Å². The van der Waals surface area contributed by atoms with Crippen LogP contribution in [0.15, 0.2) is 18.2 Å². The Hall–Kier alpha value is -1.71. The molecule has 0 aliphatic heterocycles. The van der Waals surface area contributed by atoms with Crippen LogP contribution in [-0.4, -0.2) is 26.0 Å². The molecule has 0 aliphatic carbocycles. The number of amides is 1. The van der Waals surface area contributed by atoms with Crippen molar-refractivity contribution in [1.82, 2.24) is 5.32 Å². The molecule has 3 N–H and O–H groups in total. The SMILES string of the molecule is CC(C)C(C)NC(=O)c1ccc(N(C)C)c(N)c1. The van der Waals surface area contributed by atoms with Crippen molar-refractivity contribution < 1.29 is 4.79 Å². The normalized spacial score (nSPS) is 12.3. The molecule has 0 saturated carbocycles. The van der Waals surface area contributed by atoms with E-state index in [-0.39, 0.29) is 11.9 Å². The van der Waals surface area contributed by atoms with Gasteiger partial charge in [0.25, 0.3) is 5.91 Å². The van der Waals surface area contributed by atoms with E-state index in [9.17, 15) is 4.79 Å². The molecule has 0 radical (unpaired) electrons. The van der Waals surface area contributed by atoms with E-state index < -0.39 is 0 Å². The third-order valence-electron chi connectivity index (χ3n) is 3.13. The van der Waals surface area contributed by atoms with Gasteiger partial charge in [-0.05, 0) is 31.0 Å². The molecule has 0 saturated heterocycles.